The summed E-state index contributed by atoms with van der Waals surface area (Å²) in [5.41, 5.74) is 1.74. The van der Waals surface area contributed by atoms with Crippen molar-refractivity contribution in [3.63, 3.8) is 0 Å². The molecule has 0 saturated carbocycles. The molecule has 0 aromatic carbocycles. The summed E-state index contributed by atoms with van der Waals surface area (Å²) in [6, 6.07) is 0. The summed E-state index contributed by atoms with van der Waals surface area (Å²) in [5, 5.41) is 10.8. The number of carbonyl (C=O) groups is 1. The Bertz CT molecular complexity index is 317. The minimum Gasteiger partial charge on any atom is -0.392 e. The van der Waals surface area contributed by atoms with Crippen LogP contribution in [0.3, 0.4) is 0 Å². The predicted molar refractivity (Wildman–Crippen MR) is 53.0 cm³/mol. The summed E-state index contributed by atoms with van der Waals surface area (Å²) < 4.78 is 0. The van der Waals surface area contributed by atoms with E-state index < -0.39 is 0 Å². The molecule has 0 aliphatic heterocycles. The molecule has 1 N–H and O–H groups in total. The van der Waals surface area contributed by atoms with E-state index in [2.05, 4.69) is 0 Å². The van der Waals surface area contributed by atoms with Crippen molar-refractivity contribution in [1.82, 2.24) is 4.90 Å². The van der Waals surface area contributed by atoms with E-state index in [9.17, 15) is 4.79 Å². The molecule has 0 aliphatic carbocycles. The molecule has 0 radical (unpaired) electrons. The first-order chi connectivity index (χ1) is 6.07. The van der Waals surface area contributed by atoms with Gasteiger partial charge in [0.1, 0.15) is 0 Å². The molecule has 0 bridgehead atoms. The van der Waals surface area contributed by atoms with Gasteiger partial charge >= 0.3 is 0 Å². The van der Waals surface area contributed by atoms with Crippen molar-refractivity contribution >= 4 is 17.2 Å². The van der Waals surface area contributed by atoms with Crippen molar-refractivity contribution in [3.8, 4) is 0 Å². The number of aliphatic hydroxyl groups is 1. The zero-order valence-corrected chi connectivity index (χ0v) is 8.81. The van der Waals surface area contributed by atoms with Crippen LogP contribution in [-0.4, -0.2) is 30.0 Å². The Morgan fingerprint density at radius 2 is 2.23 bits per heavy atom. The molecular formula is C9H13NO2S. The summed E-state index contributed by atoms with van der Waals surface area (Å²) in [6.45, 7) is 1.86. The fourth-order valence-electron chi connectivity index (χ4n) is 1.02. The summed E-state index contributed by atoms with van der Waals surface area (Å²) in [4.78, 5) is 13.8. The van der Waals surface area contributed by atoms with E-state index in [1.54, 1.807) is 19.0 Å². The maximum atomic E-state index is 11.5. The van der Waals surface area contributed by atoms with E-state index in [0.29, 0.717) is 4.88 Å². The number of thiophene rings is 1. The maximum Gasteiger partial charge on any atom is 0.263 e. The number of hydrogen-bond acceptors (Lipinski definition) is 3. The quantitative estimate of drug-likeness (QED) is 0.778. The number of nitrogens with zero attached hydrogens (tertiary/aromatic N) is 1. The number of hydrogen-bond donors (Lipinski definition) is 1. The standard InChI is InChI=1S/C9H13NO2S/c1-6-7(4-11)5-13-8(6)9(12)10(2)3/h5,11H,4H2,1-3H3. The van der Waals surface area contributed by atoms with Crippen LogP contribution < -0.4 is 0 Å². The lowest BCUT2D eigenvalue weighted by molar-refractivity contribution is 0.0831. The van der Waals surface area contributed by atoms with Crippen LogP contribution in [0.25, 0.3) is 0 Å². The fraction of sp³-hybridized carbons (Fsp3) is 0.444. The average molecular weight is 199 g/mol. The summed E-state index contributed by atoms with van der Waals surface area (Å²) >= 11 is 1.39. The van der Waals surface area contributed by atoms with Gasteiger partial charge in [0.25, 0.3) is 5.91 Å². The van der Waals surface area contributed by atoms with Crippen molar-refractivity contribution in [2.45, 2.75) is 13.5 Å². The topological polar surface area (TPSA) is 40.5 Å². The van der Waals surface area contributed by atoms with E-state index in [1.807, 2.05) is 12.3 Å². The van der Waals surface area contributed by atoms with E-state index >= 15 is 0 Å². The van der Waals surface area contributed by atoms with Gasteiger partial charge in [0, 0.05) is 14.1 Å². The zero-order chi connectivity index (χ0) is 10.0. The summed E-state index contributed by atoms with van der Waals surface area (Å²) in [7, 11) is 3.44. The highest BCUT2D eigenvalue weighted by atomic mass is 32.1. The third kappa shape index (κ3) is 1.89. The van der Waals surface area contributed by atoms with Crippen molar-refractivity contribution in [1.29, 1.82) is 0 Å². The molecule has 3 nitrogen and oxygen atoms in total. The molecule has 0 spiro atoms. The molecule has 1 rings (SSSR count). The SMILES string of the molecule is Cc1c(CO)csc1C(=O)N(C)C. The normalized spacial score (nSPS) is 10.2. The minimum atomic E-state index is 0.00204. The largest absolute Gasteiger partial charge is 0.392 e. The molecular weight excluding hydrogens is 186 g/mol. The van der Waals surface area contributed by atoms with Crippen molar-refractivity contribution < 1.29 is 9.90 Å². The highest BCUT2D eigenvalue weighted by Crippen LogP contribution is 2.22. The second-order valence-electron chi connectivity index (χ2n) is 3.07. The maximum absolute atomic E-state index is 11.5. The number of rotatable bonds is 2. The van der Waals surface area contributed by atoms with E-state index in [1.165, 1.54) is 11.3 Å². The fourth-order valence-corrected chi connectivity index (χ4v) is 2.13. The molecule has 0 fully saturated rings. The molecule has 13 heavy (non-hydrogen) atoms. The predicted octanol–water partition coefficient (Wildman–Crippen LogP) is 1.25. The van der Waals surface area contributed by atoms with Crippen LogP contribution in [0.1, 0.15) is 20.8 Å². The third-order valence-corrected chi connectivity index (χ3v) is 3.03. The van der Waals surface area contributed by atoms with Gasteiger partial charge in [-0.2, -0.15) is 0 Å². The first-order valence-corrected chi connectivity index (χ1v) is 4.85. The summed E-state index contributed by atoms with van der Waals surface area (Å²) in [5.74, 6) is 0.00204. The molecule has 0 saturated heterocycles. The molecule has 1 amide bonds. The Morgan fingerprint density at radius 3 is 2.62 bits per heavy atom. The lowest BCUT2D eigenvalue weighted by Crippen LogP contribution is -2.21. The van der Waals surface area contributed by atoms with Gasteiger partial charge in [-0.15, -0.1) is 11.3 Å². The van der Waals surface area contributed by atoms with Crippen LogP contribution in [-0.2, 0) is 6.61 Å². The lowest BCUT2D eigenvalue weighted by Gasteiger charge is -2.09. The van der Waals surface area contributed by atoms with Gasteiger partial charge in [-0.25, -0.2) is 0 Å². The first-order valence-electron chi connectivity index (χ1n) is 3.97. The molecule has 72 valence electrons. The van der Waals surface area contributed by atoms with Crippen LogP contribution in [0, 0.1) is 6.92 Å². The van der Waals surface area contributed by atoms with Crippen LogP contribution in [0.4, 0.5) is 0 Å². The van der Waals surface area contributed by atoms with Gasteiger partial charge < -0.3 is 10.0 Å². The van der Waals surface area contributed by atoms with E-state index in [0.717, 1.165) is 11.1 Å². The molecule has 4 heteroatoms. The number of aliphatic hydroxyl groups excluding tert-OH is 1. The molecule has 1 aromatic heterocycles. The van der Waals surface area contributed by atoms with Gasteiger partial charge in [0.15, 0.2) is 0 Å². The molecule has 1 aromatic rings. The van der Waals surface area contributed by atoms with Gasteiger partial charge in [0.2, 0.25) is 0 Å². The summed E-state index contributed by atoms with van der Waals surface area (Å²) in [6.07, 6.45) is 0. The van der Waals surface area contributed by atoms with Crippen LogP contribution in [0.2, 0.25) is 0 Å². The Kier molecular flexibility index (Phi) is 3.06. The van der Waals surface area contributed by atoms with Crippen molar-refractivity contribution in [2.75, 3.05) is 14.1 Å². The number of amides is 1. The van der Waals surface area contributed by atoms with Crippen LogP contribution in [0.15, 0.2) is 5.38 Å². The van der Waals surface area contributed by atoms with Crippen molar-refractivity contribution in [3.05, 3.63) is 21.4 Å². The van der Waals surface area contributed by atoms with Gasteiger partial charge in [-0.1, -0.05) is 0 Å². The first kappa shape index (κ1) is 10.2. The average Bonchev–Trinajstić information content (AvgIpc) is 2.45. The van der Waals surface area contributed by atoms with Crippen LogP contribution in [0.5, 0.6) is 0 Å². The molecule has 1 heterocycles. The molecule has 0 unspecified atom stereocenters. The van der Waals surface area contributed by atoms with E-state index in [-0.39, 0.29) is 12.5 Å². The number of carbonyl (C=O) groups excluding carboxylic acids is 1. The second-order valence-corrected chi connectivity index (χ2v) is 3.95. The van der Waals surface area contributed by atoms with Crippen molar-refractivity contribution in [2.24, 2.45) is 0 Å². The molecule has 0 atom stereocenters. The lowest BCUT2D eigenvalue weighted by atomic mass is 10.2. The van der Waals surface area contributed by atoms with Crippen LogP contribution >= 0.6 is 11.3 Å². The highest BCUT2D eigenvalue weighted by molar-refractivity contribution is 7.12. The smallest absolute Gasteiger partial charge is 0.263 e. The Labute approximate surface area is 81.6 Å². The van der Waals surface area contributed by atoms with Gasteiger partial charge in [0.05, 0.1) is 11.5 Å². The van der Waals surface area contributed by atoms with Gasteiger partial charge in [-0.3, -0.25) is 4.79 Å². The Hall–Kier alpha value is -0.870. The zero-order valence-electron chi connectivity index (χ0n) is 8.00. The monoisotopic (exact) mass is 199 g/mol. The second kappa shape index (κ2) is 3.89. The molecule has 0 aliphatic rings. The Morgan fingerprint density at radius 1 is 1.62 bits per heavy atom. The van der Waals surface area contributed by atoms with Gasteiger partial charge in [-0.05, 0) is 23.4 Å². The third-order valence-electron chi connectivity index (χ3n) is 1.91. The van der Waals surface area contributed by atoms with E-state index in [4.69, 9.17) is 5.11 Å². The Balaban J connectivity index is 3.02. The minimum absolute atomic E-state index is 0.00204. The highest BCUT2D eigenvalue weighted by Gasteiger charge is 2.15.